The number of rotatable bonds is 5. The third kappa shape index (κ3) is 5.53. The van der Waals surface area contributed by atoms with Crippen molar-refractivity contribution in [2.24, 2.45) is 0 Å². The zero-order chi connectivity index (χ0) is 16.8. The molecule has 0 saturated carbocycles. The summed E-state index contributed by atoms with van der Waals surface area (Å²) in [4.78, 5) is 24.0. The molecule has 2 rings (SSSR count). The number of amides is 1. The van der Waals surface area contributed by atoms with Crippen LogP contribution in [0.3, 0.4) is 0 Å². The van der Waals surface area contributed by atoms with E-state index < -0.39 is 12.1 Å². The summed E-state index contributed by atoms with van der Waals surface area (Å²) in [5.74, 6) is -0.779. The van der Waals surface area contributed by atoms with Gasteiger partial charge in [-0.25, -0.2) is 0 Å². The highest BCUT2D eigenvalue weighted by atomic mass is 79.9. The first kappa shape index (κ1) is 17.2. The van der Waals surface area contributed by atoms with Crippen molar-refractivity contribution < 1.29 is 14.3 Å². The molecule has 1 N–H and O–H groups in total. The fraction of sp³-hybridized carbons (Fsp3) is 0.222. The molecule has 0 aliphatic carbocycles. The van der Waals surface area contributed by atoms with E-state index in [9.17, 15) is 9.59 Å². The maximum absolute atomic E-state index is 12.1. The van der Waals surface area contributed by atoms with Crippen molar-refractivity contribution in [3.05, 3.63) is 64.1 Å². The number of anilines is 1. The van der Waals surface area contributed by atoms with Crippen LogP contribution in [0, 0.1) is 6.92 Å². The number of hydrogen-bond donors (Lipinski definition) is 1. The van der Waals surface area contributed by atoms with Crippen LogP contribution in [0.5, 0.6) is 0 Å². The number of benzene rings is 2. The highest BCUT2D eigenvalue weighted by Gasteiger charge is 2.18. The summed E-state index contributed by atoms with van der Waals surface area (Å²) >= 11 is 3.34. The minimum absolute atomic E-state index is 0.134. The van der Waals surface area contributed by atoms with Gasteiger partial charge in [0.25, 0.3) is 5.91 Å². The molecule has 4 nitrogen and oxygen atoms in total. The van der Waals surface area contributed by atoms with Crippen LogP contribution in [0.2, 0.25) is 0 Å². The number of ether oxygens (including phenoxy) is 1. The Kier molecular flexibility index (Phi) is 5.93. The summed E-state index contributed by atoms with van der Waals surface area (Å²) in [5.41, 5.74) is 2.57. The van der Waals surface area contributed by atoms with E-state index in [4.69, 9.17) is 4.74 Å². The van der Waals surface area contributed by atoms with Crippen molar-refractivity contribution in [2.75, 3.05) is 5.32 Å². The lowest BCUT2D eigenvalue weighted by Gasteiger charge is -2.14. The van der Waals surface area contributed by atoms with E-state index in [0.29, 0.717) is 5.69 Å². The van der Waals surface area contributed by atoms with Crippen molar-refractivity contribution in [2.45, 2.75) is 26.4 Å². The minimum Gasteiger partial charge on any atom is -0.452 e. The fourth-order valence-electron chi connectivity index (χ4n) is 2.03. The van der Waals surface area contributed by atoms with Crippen LogP contribution >= 0.6 is 15.9 Å². The SMILES string of the molecule is Cc1cccc(NC(=O)C(C)OC(=O)Cc2ccc(Br)cc2)c1. The number of nitrogens with one attached hydrogen (secondary N) is 1. The van der Waals surface area contributed by atoms with Crippen molar-refractivity contribution in [1.29, 1.82) is 0 Å². The van der Waals surface area contributed by atoms with Crippen molar-refractivity contribution in [3.63, 3.8) is 0 Å². The Balaban J connectivity index is 1.87. The van der Waals surface area contributed by atoms with E-state index in [-0.39, 0.29) is 12.3 Å². The van der Waals surface area contributed by atoms with E-state index in [1.54, 1.807) is 13.0 Å². The summed E-state index contributed by atoms with van der Waals surface area (Å²) < 4.78 is 6.13. The van der Waals surface area contributed by atoms with Crippen LogP contribution in [-0.4, -0.2) is 18.0 Å². The lowest BCUT2D eigenvalue weighted by molar-refractivity contribution is -0.152. The molecule has 0 radical (unpaired) electrons. The van der Waals surface area contributed by atoms with Crippen LogP contribution in [0.15, 0.2) is 53.0 Å². The number of aryl methyl sites for hydroxylation is 1. The molecule has 2 aromatic rings. The van der Waals surface area contributed by atoms with Crippen molar-refractivity contribution >= 4 is 33.5 Å². The van der Waals surface area contributed by atoms with Crippen LogP contribution in [-0.2, 0) is 20.7 Å². The molecule has 0 aliphatic heterocycles. The average Bonchev–Trinajstić information content (AvgIpc) is 2.49. The van der Waals surface area contributed by atoms with Crippen LogP contribution in [0.25, 0.3) is 0 Å². The predicted octanol–water partition coefficient (Wildman–Crippen LogP) is 3.87. The van der Waals surface area contributed by atoms with Gasteiger partial charge in [0.15, 0.2) is 6.10 Å². The fourth-order valence-corrected chi connectivity index (χ4v) is 2.29. The molecule has 120 valence electrons. The molecule has 0 fully saturated rings. The van der Waals surface area contributed by atoms with Gasteiger partial charge in [0.05, 0.1) is 6.42 Å². The van der Waals surface area contributed by atoms with Gasteiger partial charge in [0.2, 0.25) is 0 Å². The van der Waals surface area contributed by atoms with Crippen molar-refractivity contribution in [3.8, 4) is 0 Å². The van der Waals surface area contributed by atoms with Gasteiger partial charge >= 0.3 is 5.97 Å². The summed E-state index contributed by atoms with van der Waals surface area (Å²) in [7, 11) is 0. The molecule has 2 aromatic carbocycles. The molecule has 1 unspecified atom stereocenters. The molecule has 5 heteroatoms. The Labute approximate surface area is 144 Å². The van der Waals surface area contributed by atoms with E-state index >= 15 is 0 Å². The average molecular weight is 376 g/mol. The summed E-state index contributed by atoms with van der Waals surface area (Å²) in [6.45, 7) is 3.50. The third-order valence-corrected chi connectivity index (χ3v) is 3.75. The molecule has 0 spiro atoms. The number of esters is 1. The summed E-state index contributed by atoms with van der Waals surface area (Å²) in [5, 5.41) is 2.74. The van der Waals surface area contributed by atoms with Gasteiger partial charge < -0.3 is 10.1 Å². The molecule has 23 heavy (non-hydrogen) atoms. The van der Waals surface area contributed by atoms with Gasteiger partial charge in [-0.3, -0.25) is 9.59 Å². The maximum atomic E-state index is 12.1. The zero-order valence-electron chi connectivity index (χ0n) is 13.0. The Morgan fingerprint density at radius 1 is 1.17 bits per heavy atom. The molecule has 1 atom stereocenters. The molecular formula is C18H18BrNO3. The quantitative estimate of drug-likeness (QED) is 0.806. The number of halogens is 1. The van der Waals surface area contributed by atoms with Crippen LogP contribution in [0.4, 0.5) is 5.69 Å². The smallest absolute Gasteiger partial charge is 0.311 e. The van der Waals surface area contributed by atoms with Crippen LogP contribution < -0.4 is 5.32 Å². The van der Waals surface area contributed by atoms with Gasteiger partial charge in [-0.05, 0) is 49.2 Å². The van der Waals surface area contributed by atoms with Crippen LogP contribution in [0.1, 0.15) is 18.1 Å². The molecule has 1 amide bonds. The first-order chi connectivity index (χ1) is 10.9. The first-order valence-electron chi connectivity index (χ1n) is 7.25. The normalized spacial score (nSPS) is 11.6. The van der Waals surface area contributed by atoms with Gasteiger partial charge in [-0.1, -0.05) is 40.2 Å². The zero-order valence-corrected chi connectivity index (χ0v) is 14.6. The largest absolute Gasteiger partial charge is 0.452 e. The van der Waals surface area contributed by atoms with E-state index in [1.165, 1.54) is 0 Å². The molecule has 0 heterocycles. The monoisotopic (exact) mass is 375 g/mol. The lowest BCUT2D eigenvalue weighted by Crippen LogP contribution is -2.30. The Hall–Kier alpha value is -2.14. The lowest BCUT2D eigenvalue weighted by atomic mass is 10.1. The van der Waals surface area contributed by atoms with Gasteiger partial charge in [0.1, 0.15) is 0 Å². The van der Waals surface area contributed by atoms with E-state index in [1.807, 2.05) is 49.4 Å². The Morgan fingerprint density at radius 2 is 1.87 bits per heavy atom. The second kappa shape index (κ2) is 7.92. The molecule has 0 saturated heterocycles. The minimum atomic E-state index is -0.849. The predicted molar refractivity (Wildman–Crippen MR) is 93.2 cm³/mol. The van der Waals surface area contributed by atoms with E-state index in [0.717, 1.165) is 15.6 Å². The van der Waals surface area contributed by atoms with Gasteiger partial charge in [0, 0.05) is 10.2 Å². The number of carbonyl (C=O) groups excluding carboxylic acids is 2. The first-order valence-corrected chi connectivity index (χ1v) is 8.05. The Morgan fingerprint density at radius 3 is 2.52 bits per heavy atom. The second-order valence-electron chi connectivity index (χ2n) is 5.29. The molecule has 0 bridgehead atoms. The highest BCUT2D eigenvalue weighted by molar-refractivity contribution is 9.10. The second-order valence-corrected chi connectivity index (χ2v) is 6.21. The molecule has 0 aromatic heterocycles. The standard InChI is InChI=1S/C18H18BrNO3/c1-12-4-3-5-16(10-12)20-18(22)13(2)23-17(21)11-14-6-8-15(19)9-7-14/h3-10,13H,11H2,1-2H3,(H,20,22). The maximum Gasteiger partial charge on any atom is 0.311 e. The Bertz CT molecular complexity index is 698. The third-order valence-electron chi connectivity index (χ3n) is 3.22. The summed E-state index contributed by atoms with van der Waals surface area (Å²) in [6.07, 6.45) is -0.714. The van der Waals surface area contributed by atoms with Gasteiger partial charge in [-0.15, -0.1) is 0 Å². The topological polar surface area (TPSA) is 55.4 Å². The number of hydrogen-bond acceptors (Lipinski definition) is 3. The van der Waals surface area contributed by atoms with E-state index in [2.05, 4.69) is 21.2 Å². The van der Waals surface area contributed by atoms with Crippen molar-refractivity contribution in [1.82, 2.24) is 0 Å². The van der Waals surface area contributed by atoms with Gasteiger partial charge in [-0.2, -0.15) is 0 Å². The summed E-state index contributed by atoms with van der Waals surface area (Å²) in [6, 6.07) is 14.8. The highest BCUT2D eigenvalue weighted by Crippen LogP contribution is 2.13. The number of carbonyl (C=O) groups is 2. The molecule has 0 aliphatic rings. The molecular weight excluding hydrogens is 358 g/mol.